The number of rotatable bonds is 9. The van der Waals surface area contributed by atoms with E-state index in [2.05, 4.69) is 20.6 Å². The summed E-state index contributed by atoms with van der Waals surface area (Å²) in [6.07, 6.45) is 1.94. The van der Waals surface area contributed by atoms with E-state index in [9.17, 15) is 0 Å². The highest BCUT2D eigenvalue weighted by Crippen LogP contribution is 2.16. The molecule has 7 heteroatoms. The first-order valence-electron chi connectivity index (χ1n) is 5.89. The summed E-state index contributed by atoms with van der Waals surface area (Å²) in [6.45, 7) is 4.45. The van der Waals surface area contributed by atoms with Gasteiger partial charge in [0, 0.05) is 19.2 Å². The lowest BCUT2D eigenvalue weighted by Gasteiger charge is -2.09. The highest BCUT2D eigenvalue weighted by atomic mass is 32.2. The van der Waals surface area contributed by atoms with Crippen LogP contribution in [0.3, 0.4) is 0 Å². The van der Waals surface area contributed by atoms with Gasteiger partial charge in [0.15, 0.2) is 5.16 Å². The van der Waals surface area contributed by atoms with Gasteiger partial charge in [-0.1, -0.05) is 11.8 Å². The summed E-state index contributed by atoms with van der Waals surface area (Å²) >= 11 is 1.50. The molecule has 1 rings (SSSR count). The van der Waals surface area contributed by atoms with Gasteiger partial charge in [-0.25, -0.2) is 9.97 Å². The van der Waals surface area contributed by atoms with Crippen LogP contribution in [0.25, 0.3) is 0 Å². The molecule has 18 heavy (non-hydrogen) atoms. The molecule has 0 saturated carbocycles. The third-order valence-corrected chi connectivity index (χ3v) is 2.58. The minimum absolute atomic E-state index is 0.0503. The van der Waals surface area contributed by atoms with Gasteiger partial charge < -0.3 is 20.5 Å². The molecule has 0 atom stereocenters. The van der Waals surface area contributed by atoms with Gasteiger partial charge in [0.1, 0.15) is 11.6 Å². The summed E-state index contributed by atoms with van der Waals surface area (Å²) in [6, 6.07) is 1.87. The van der Waals surface area contributed by atoms with Gasteiger partial charge in [-0.05, 0) is 13.2 Å². The number of thioether (sulfide) groups is 1. The Morgan fingerprint density at radius 3 is 2.61 bits per heavy atom. The van der Waals surface area contributed by atoms with E-state index in [4.69, 9.17) is 9.84 Å². The van der Waals surface area contributed by atoms with Crippen molar-refractivity contribution in [2.45, 2.75) is 12.1 Å². The minimum atomic E-state index is 0.0503. The summed E-state index contributed by atoms with van der Waals surface area (Å²) < 4.78 is 5.16. The second kappa shape index (κ2) is 8.96. The Morgan fingerprint density at radius 1 is 1.28 bits per heavy atom. The van der Waals surface area contributed by atoms with Crippen molar-refractivity contribution >= 4 is 23.4 Å². The first-order chi connectivity index (χ1) is 8.80. The first-order valence-corrected chi connectivity index (χ1v) is 7.12. The molecule has 1 aromatic rings. The van der Waals surface area contributed by atoms with Gasteiger partial charge in [-0.15, -0.1) is 0 Å². The molecule has 0 saturated heterocycles. The number of ether oxygens (including phenoxy) is 1. The van der Waals surface area contributed by atoms with Crippen LogP contribution in [0.2, 0.25) is 0 Å². The van der Waals surface area contributed by atoms with Crippen LogP contribution in [0.1, 0.15) is 6.92 Å². The molecule has 0 aliphatic heterocycles. The summed E-state index contributed by atoms with van der Waals surface area (Å²) in [5, 5.41) is 15.6. The molecule has 1 heterocycles. The second-order valence-corrected chi connectivity index (χ2v) is 4.19. The zero-order valence-electron chi connectivity index (χ0n) is 10.8. The van der Waals surface area contributed by atoms with Crippen LogP contribution in [0.4, 0.5) is 11.6 Å². The molecule has 0 radical (unpaired) electrons. The van der Waals surface area contributed by atoms with Crippen LogP contribution in [0, 0.1) is 0 Å². The van der Waals surface area contributed by atoms with Crippen molar-refractivity contribution < 1.29 is 9.84 Å². The van der Waals surface area contributed by atoms with Crippen LogP contribution in [0.15, 0.2) is 11.2 Å². The zero-order chi connectivity index (χ0) is 13.2. The molecule has 3 N–H and O–H groups in total. The van der Waals surface area contributed by atoms with Crippen molar-refractivity contribution in [3.05, 3.63) is 6.07 Å². The van der Waals surface area contributed by atoms with E-state index in [1.165, 1.54) is 11.8 Å². The van der Waals surface area contributed by atoms with E-state index >= 15 is 0 Å². The molecular weight excluding hydrogens is 252 g/mol. The lowest BCUT2D eigenvalue weighted by Crippen LogP contribution is -2.13. The minimum Gasteiger partial charge on any atom is -0.394 e. The lowest BCUT2D eigenvalue weighted by atomic mass is 10.5. The number of aromatic nitrogens is 2. The molecule has 0 spiro atoms. The van der Waals surface area contributed by atoms with Gasteiger partial charge in [0.2, 0.25) is 0 Å². The van der Waals surface area contributed by atoms with Crippen LogP contribution in [0.5, 0.6) is 0 Å². The molecular formula is C11H20N4O2S. The highest BCUT2D eigenvalue weighted by molar-refractivity contribution is 7.98. The molecule has 0 aromatic carbocycles. The average Bonchev–Trinajstić information content (AvgIpc) is 2.38. The predicted molar refractivity (Wildman–Crippen MR) is 74.4 cm³/mol. The fourth-order valence-corrected chi connectivity index (χ4v) is 1.68. The summed E-state index contributed by atoms with van der Waals surface area (Å²) in [4.78, 5) is 8.68. The Labute approximate surface area is 112 Å². The van der Waals surface area contributed by atoms with Crippen LogP contribution in [-0.2, 0) is 4.74 Å². The smallest absolute Gasteiger partial charge is 0.191 e. The van der Waals surface area contributed by atoms with Gasteiger partial charge in [0.05, 0.1) is 19.8 Å². The quantitative estimate of drug-likeness (QED) is 0.352. The van der Waals surface area contributed by atoms with Crippen molar-refractivity contribution in [3.63, 3.8) is 0 Å². The summed E-state index contributed by atoms with van der Waals surface area (Å²) in [7, 11) is 0. The van der Waals surface area contributed by atoms with Crippen molar-refractivity contribution in [2.24, 2.45) is 0 Å². The molecule has 0 bridgehead atoms. The number of hydrogen-bond donors (Lipinski definition) is 3. The average molecular weight is 272 g/mol. The zero-order valence-corrected chi connectivity index (χ0v) is 11.6. The van der Waals surface area contributed by atoms with Crippen LogP contribution < -0.4 is 10.6 Å². The molecule has 102 valence electrons. The Bertz CT molecular complexity index is 352. The number of nitrogens with one attached hydrogen (secondary N) is 2. The third-order valence-electron chi connectivity index (χ3n) is 2.03. The number of hydrogen-bond acceptors (Lipinski definition) is 7. The molecule has 0 amide bonds. The Kier molecular flexibility index (Phi) is 7.47. The van der Waals surface area contributed by atoms with E-state index < -0.39 is 0 Å². The van der Waals surface area contributed by atoms with E-state index in [0.29, 0.717) is 19.8 Å². The maximum Gasteiger partial charge on any atom is 0.191 e. The normalized spacial score (nSPS) is 10.4. The number of anilines is 2. The van der Waals surface area contributed by atoms with Gasteiger partial charge in [-0.3, -0.25) is 0 Å². The molecule has 6 nitrogen and oxygen atoms in total. The largest absolute Gasteiger partial charge is 0.394 e. The Balaban J connectivity index is 2.50. The number of aliphatic hydroxyl groups excluding tert-OH is 1. The van der Waals surface area contributed by atoms with E-state index in [-0.39, 0.29) is 6.61 Å². The Hall–Kier alpha value is -1.05. The predicted octanol–water partition coefficient (Wildman–Crippen LogP) is 1.05. The number of aliphatic hydroxyl groups is 1. The highest BCUT2D eigenvalue weighted by Gasteiger charge is 2.02. The van der Waals surface area contributed by atoms with E-state index in [1.807, 2.05) is 19.2 Å². The molecule has 0 aliphatic rings. The SMILES string of the molecule is CCNc1cc(NCCOCCO)nc(SC)n1. The second-order valence-electron chi connectivity index (χ2n) is 3.42. The van der Waals surface area contributed by atoms with Crippen LogP contribution >= 0.6 is 11.8 Å². The van der Waals surface area contributed by atoms with Gasteiger partial charge >= 0.3 is 0 Å². The molecule has 0 aliphatic carbocycles. The fraction of sp³-hybridized carbons (Fsp3) is 0.636. The molecule has 1 aromatic heterocycles. The Morgan fingerprint density at radius 2 is 2.00 bits per heavy atom. The lowest BCUT2D eigenvalue weighted by molar-refractivity contribution is 0.0992. The summed E-state index contributed by atoms with van der Waals surface area (Å²) in [5.74, 6) is 1.59. The first kappa shape index (κ1) is 15.0. The van der Waals surface area contributed by atoms with Crippen molar-refractivity contribution in [2.75, 3.05) is 49.8 Å². The van der Waals surface area contributed by atoms with Gasteiger partial charge in [0.25, 0.3) is 0 Å². The monoisotopic (exact) mass is 272 g/mol. The van der Waals surface area contributed by atoms with Crippen molar-refractivity contribution in [1.29, 1.82) is 0 Å². The standard InChI is InChI=1S/C11H20N4O2S/c1-3-12-9-8-10(15-11(14-9)18-2)13-4-6-17-7-5-16/h8,16H,3-7H2,1-2H3,(H2,12,13,14,15). The van der Waals surface area contributed by atoms with E-state index in [0.717, 1.165) is 23.3 Å². The van der Waals surface area contributed by atoms with Crippen LogP contribution in [-0.4, -0.2) is 54.2 Å². The van der Waals surface area contributed by atoms with Crippen molar-refractivity contribution in [1.82, 2.24) is 9.97 Å². The fourth-order valence-electron chi connectivity index (χ4n) is 1.30. The number of nitrogens with zero attached hydrogens (tertiary/aromatic N) is 2. The molecule has 0 unspecified atom stereocenters. The molecule has 0 fully saturated rings. The van der Waals surface area contributed by atoms with E-state index in [1.54, 1.807) is 0 Å². The maximum absolute atomic E-state index is 8.57. The third kappa shape index (κ3) is 5.52. The summed E-state index contributed by atoms with van der Waals surface area (Å²) in [5.41, 5.74) is 0. The van der Waals surface area contributed by atoms with Gasteiger partial charge in [-0.2, -0.15) is 0 Å². The topological polar surface area (TPSA) is 79.3 Å². The maximum atomic E-state index is 8.57. The van der Waals surface area contributed by atoms with Crippen molar-refractivity contribution in [3.8, 4) is 0 Å².